The van der Waals surface area contributed by atoms with Crippen molar-refractivity contribution in [3.63, 3.8) is 0 Å². The first kappa shape index (κ1) is 16.9. The zero-order valence-corrected chi connectivity index (χ0v) is 14.1. The lowest BCUT2D eigenvalue weighted by Gasteiger charge is -2.12. The third kappa shape index (κ3) is 6.14. The number of rotatable bonds is 8. The van der Waals surface area contributed by atoms with E-state index in [0.717, 1.165) is 23.6 Å². The first-order valence-electron chi connectivity index (χ1n) is 8.08. The van der Waals surface area contributed by atoms with Crippen LogP contribution in [0.2, 0.25) is 0 Å². The number of carbonyl (C=O) groups is 1. The molecule has 1 aromatic carbocycles. The average molecular weight is 319 g/mol. The van der Waals surface area contributed by atoms with Crippen LogP contribution in [0.4, 0.5) is 0 Å². The largest absolute Gasteiger partial charge is 0.494 e. The summed E-state index contributed by atoms with van der Waals surface area (Å²) >= 11 is 1.56. The molecule has 3 nitrogen and oxygen atoms in total. The molecule has 0 atom stereocenters. The van der Waals surface area contributed by atoms with Crippen molar-refractivity contribution in [3.05, 3.63) is 35.9 Å². The van der Waals surface area contributed by atoms with Crippen molar-refractivity contribution in [1.82, 2.24) is 5.32 Å². The molecule has 0 saturated carbocycles. The lowest BCUT2D eigenvalue weighted by Crippen LogP contribution is -2.26. The second-order valence-corrected chi connectivity index (χ2v) is 6.45. The molecule has 0 radical (unpaired) electrons. The van der Waals surface area contributed by atoms with Crippen molar-refractivity contribution < 1.29 is 9.53 Å². The molecule has 1 aliphatic rings. The predicted molar refractivity (Wildman–Crippen MR) is 92.5 cm³/mol. The topological polar surface area (TPSA) is 38.3 Å². The van der Waals surface area contributed by atoms with Crippen LogP contribution >= 0.6 is 11.8 Å². The number of thioether (sulfide) groups is 1. The number of ether oxygens (including phenoxy) is 1. The number of hydrogen-bond acceptors (Lipinski definition) is 3. The van der Waals surface area contributed by atoms with Gasteiger partial charge in [0.2, 0.25) is 5.91 Å². The van der Waals surface area contributed by atoms with E-state index in [2.05, 4.69) is 11.4 Å². The molecule has 0 aliphatic heterocycles. The van der Waals surface area contributed by atoms with Gasteiger partial charge in [-0.1, -0.05) is 11.6 Å². The van der Waals surface area contributed by atoms with Crippen LogP contribution in [0.15, 0.2) is 40.8 Å². The molecule has 1 N–H and O–H groups in total. The normalized spacial score (nSPS) is 14.3. The van der Waals surface area contributed by atoms with Gasteiger partial charge >= 0.3 is 0 Å². The van der Waals surface area contributed by atoms with E-state index in [0.29, 0.717) is 12.4 Å². The molecule has 4 heteroatoms. The summed E-state index contributed by atoms with van der Waals surface area (Å²) in [5.41, 5.74) is 1.51. The standard InChI is InChI=1S/C18H25NO2S/c1-2-21-16-8-10-17(11-9-16)22-14-18(20)19-13-12-15-6-4-3-5-7-15/h6,8-11H,2-5,7,12-14H2,1H3,(H,19,20). The van der Waals surface area contributed by atoms with E-state index in [1.165, 1.54) is 31.3 Å². The van der Waals surface area contributed by atoms with Crippen molar-refractivity contribution >= 4 is 17.7 Å². The summed E-state index contributed by atoms with van der Waals surface area (Å²) < 4.78 is 5.40. The quantitative estimate of drug-likeness (QED) is 0.577. The number of allylic oxidation sites excluding steroid dienone is 1. The van der Waals surface area contributed by atoms with E-state index < -0.39 is 0 Å². The molecule has 0 spiro atoms. The van der Waals surface area contributed by atoms with Gasteiger partial charge in [0.15, 0.2) is 0 Å². The van der Waals surface area contributed by atoms with Gasteiger partial charge in [0.1, 0.15) is 5.75 Å². The number of amides is 1. The van der Waals surface area contributed by atoms with Crippen molar-refractivity contribution in [3.8, 4) is 5.75 Å². The lowest BCUT2D eigenvalue weighted by atomic mass is 9.97. The minimum Gasteiger partial charge on any atom is -0.494 e. The average Bonchev–Trinajstić information content (AvgIpc) is 2.55. The number of hydrogen-bond donors (Lipinski definition) is 1. The molecular weight excluding hydrogens is 294 g/mol. The smallest absolute Gasteiger partial charge is 0.230 e. The van der Waals surface area contributed by atoms with E-state index in [1.807, 2.05) is 31.2 Å². The van der Waals surface area contributed by atoms with Crippen LogP contribution in [0, 0.1) is 0 Å². The van der Waals surface area contributed by atoms with Gasteiger partial charge in [-0.25, -0.2) is 0 Å². The molecule has 0 saturated heterocycles. The zero-order valence-electron chi connectivity index (χ0n) is 13.3. The Kier molecular flexibility index (Phi) is 7.37. The second kappa shape index (κ2) is 9.57. The van der Waals surface area contributed by atoms with Crippen molar-refractivity contribution in [1.29, 1.82) is 0 Å². The Bertz CT molecular complexity index is 496. The Morgan fingerprint density at radius 2 is 2.09 bits per heavy atom. The highest BCUT2D eigenvalue weighted by molar-refractivity contribution is 8.00. The first-order chi connectivity index (χ1) is 10.8. The maximum absolute atomic E-state index is 11.9. The predicted octanol–water partition coefficient (Wildman–Crippen LogP) is 4.18. The molecule has 1 aromatic rings. The molecule has 0 unspecified atom stereocenters. The van der Waals surface area contributed by atoms with Crippen LogP contribution in [-0.2, 0) is 4.79 Å². The molecule has 0 heterocycles. The van der Waals surface area contributed by atoms with E-state index in [1.54, 1.807) is 11.8 Å². The summed E-state index contributed by atoms with van der Waals surface area (Å²) in [5, 5.41) is 3.01. The Labute approximate surface area is 137 Å². The highest BCUT2D eigenvalue weighted by atomic mass is 32.2. The van der Waals surface area contributed by atoms with Gasteiger partial charge < -0.3 is 10.1 Å². The van der Waals surface area contributed by atoms with E-state index in [9.17, 15) is 4.79 Å². The third-order valence-corrected chi connectivity index (χ3v) is 4.67. The minimum absolute atomic E-state index is 0.107. The van der Waals surface area contributed by atoms with Crippen LogP contribution in [0.25, 0.3) is 0 Å². The summed E-state index contributed by atoms with van der Waals surface area (Å²) in [4.78, 5) is 12.9. The fourth-order valence-electron chi connectivity index (χ4n) is 2.49. The monoisotopic (exact) mass is 319 g/mol. The first-order valence-corrected chi connectivity index (χ1v) is 9.06. The zero-order chi connectivity index (χ0) is 15.6. The van der Waals surface area contributed by atoms with Gasteiger partial charge in [0, 0.05) is 11.4 Å². The van der Waals surface area contributed by atoms with Crippen LogP contribution in [0.1, 0.15) is 39.0 Å². The van der Waals surface area contributed by atoms with E-state index >= 15 is 0 Å². The molecule has 1 amide bonds. The number of carbonyl (C=O) groups excluding carboxylic acids is 1. The Morgan fingerprint density at radius 1 is 1.27 bits per heavy atom. The molecule has 2 rings (SSSR count). The van der Waals surface area contributed by atoms with E-state index in [4.69, 9.17) is 4.74 Å². The Morgan fingerprint density at radius 3 is 2.77 bits per heavy atom. The summed E-state index contributed by atoms with van der Waals surface area (Å²) in [7, 11) is 0. The summed E-state index contributed by atoms with van der Waals surface area (Å²) in [6.45, 7) is 3.40. The second-order valence-electron chi connectivity index (χ2n) is 5.40. The minimum atomic E-state index is 0.107. The number of nitrogens with one attached hydrogen (secondary N) is 1. The molecule has 0 fully saturated rings. The highest BCUT2D eigenvalue weighted by Gasteiger charge is 2.06. The molecule has 22 heavy (non-hydrogen) atoms. The summed E-state index contributed by atoms with van der Waals surface area (Å²) in [6.07, 6.45) is 8.36. The van der Waals surface area contributed by atoms with E-state index in [-0.39, 0.29) is 5.91 Å². The number of benzene rings is 1. The molecule has 120 valence electrons. The van der Waals surface area contributed by atoms with Crippen LogP contribution in [0.5, 0.6) is 5.75 Å². The SMILES string of the molecule is CCOc1ccc(SCC(=O)NCCC2=CCCCC2)cc1. The molecular formula is C18H25NO2S. The maximum atomic E-state index is 11.9. The van der Waals surface area contributed by atoms with Crippen LogP contribution < -0.4 is 10.1 Å². The van der Waals surface area contributed by atoms with Crippen molar-refractivity contribution in [2.45, 2.75) is 43.9 Å². The van der Waals surface area contributed by atoms with Gasteiger partial charge in [-0.05, 0) is 63.3 Å². The van der Waals surface area contributed by atoms with Crippen molar-refractivity contribution in [2.75, 3.05) is 18.9 Å². The molecule has 0 aromatic heterocycles. The summed E-state index contributed by atoms with van der Waals surface area (Å²) in [6, 6.07) is 7.88. The van der Waals surface area contributed by atoms with Crippen LogP contribution in [0.3, 0.4) is 0 Å². The highest BCUT2D eigenvalue weighted by Crippen LogP contribution is 2.21. The Balaban J connectivity index is 1.63. The summed E-state index contributed by atoms with van der Waals surface area (Å²) in [5.74, 6) is 1.44. The molecule has 0 bridgehead atoms. The fraction of sp³-hybridized carbons (Fsp3) is 0.500. The lowest BCUT2D eigenvalue weighted by molar-refractivity contribution is -0.118. The molecule has 1 aliphatic carbocycles. The Hall–Kier alpha value is -1.42. The van der Waals surface area contributed by atoms with Gasteiger partial charge in [0.05, 0.1) is 12.4 Å². The van der Waals surface area contributed by atoms with Gasteiger partial charge in [-0.2, -0.15) is 0 Å². The van der Waals surface area contributed by atoms with Crippen molar-refractivity contribution in [2.24, 2.45) is 0 Å². The maximum Gasteiger partial charge on any atom is 0.230 e. The van der Waals surface area contributed by atoms with Gasteiger partial charge in [-0.3, -0.25) is 4.79 Å². The van der Waals surface area contributed by atoms with Gasteiger partial charge in [0.25, 0.3) is 0 Å². The van der Waals surface area contributed by atoms with Gasteiger partial charge in [-0.15, -0.1) is 11.8 Å². The fourth-order valence-corrected chi connectivity index (χ4v) is 3.22. The van der Waals surface area contributed by atoms with Crippen LogP contribution in [-0.4, -0.2) is 24.8 Å². The third-order valence-electron chi connectivity index (χ3n) is 3.66.